The molecule has 0 saturated heterocycles. The van der Waals surface area contributed by atoms with E-state index in [0.29, 0.717) is 0 Å². The molecule has 4 rings (SSSR count). The first-order chi connectivity index (χ1) is 13.7. The Hall–Kier alpha value is -1.66. The minimum absolute atomic E-state index is 0.830. The fraction of sp³-hybridized carbons (Fsp3) is 0.500. The van der Waals surface area contributed by atoms with Gasteiger partial charge >= 0.3 is 0 Å². The summed E-state index contributed by atoms with van der Waals surface area (Å²) >= 11 is 3.44. The molecule has 1 fully saturated rings. The van der Waals surface area contributed by atoms with Gasteiger partial charge in [-0.05, 0) is 25.3 Å². The smallest absolute Gasteiger partial charge is 0.191 e. The normalized spacial score (nSPS) is 15.2. The van der Waals surface area contributed by atoms with Crippen molar-refractivity contribution in [3.63, 3.8) is 0 Å². The fourth-order valence-corrected chi connectivity index (χ4v) is 5.66. The highest BCUT2D eigenvalue weighted by atomic mass is 32.2. The number of thiazole rings is 1. The third kappa shape index (κ3) is 4.84. The predicted octanol–water partition coefficient (Wildman–Crippen LogP) is 6.05. The van der Waals surface area contributed by atoms with Gasteiger partial charge in [0.15, 0.2) is 5.16 Å². The quantitative estimate of drug-likeness (QED) is 0.443. The predicted molar refractivity (Wildman–Crippen MR) is 118 cm³/mol. The lowest BCUT2D eigenvalue weighted by atomic mass is 9.86. The third-order valence-corrected chi connectivity index (χ3v) is 7.59. The van der Waals surface area contributed by atoms with Crippen LogP contribution in [0.4, 0.5) is 0 Å². The molecular weight excluding hydrogens is 384 g/mol. The summed E-state index contributed by atoms with van der Waals surface area (Å²) in [6.45, 7) is 2.12. The van der Waals surface area contributed by atoms with Crippen LogP contribution in [-0.2, 0) is 19.2 Å². The van der Waals surface area contributed by atoms with Crippen LogP contribution in [0.25, 0.3) is 10.6 Å². The molecule has 1 aromatic carbocycles. The Balaban J connectivity index is 1.33. The third-order valence-electron chi connectivity index (χ3n) is 5.59. The van der Waals surface area contributed by atoms with Crippen LogP contribution in [0.2, 0.25) is 0 Å². The molecule has 1 aliphatic rings. The Morgan fingerprint density at radius 3 is 2.86 bits per heavy atom. The van der Waals surface area contributed by atoms with Crippen LogP contribution in [0.3, 0.4) is 0 Å². The maximum Gasteiger partial charge on any atom is 0.191 e. The summed E-state index contributed by atoms with van der Waals surface area (Å²) in [7, 11) is 2.09. The minimum Gasteiger partial charge on any atom is -0.309 e. The summed E-state index contributed by atoms with van der Waals surface area (Å²) in [5, 5.41) is 13.1. The van der Waals surface area contributed by atoms with Crippen LogP contribution in [0, 0.1) is 12.8 Å². The summed E-state index contributed by atoms with van der Waals surface area (Å²) in [4.78, 5) is 4.81. The molecule has 148 valence electrons. The SMILES string of the molecule is Cc1cccc(-c2nc(CSc3nnc(CCC4CCCCC4)n3C)cs2)c1. The van der Waals surface area contributed by atoms with Gasteiger partial charge in [0.05, 0.1) is 5.69 Å². The number of hydrogen-bond donors (Lipinski definition) is 0. The lowest BCUT2D eigenvalue weighted by molar-refractivity contribution is 0.336. The lowest BCUT2D eigenvalue weighted by Crippen LogP contribution is -2.09. The Morgan fingerprint density at radius 1 is 1.18 bits per heavy atom. The van der Waals surface area contributed by atoms with Crippen LogP contribution in [0.1, 0.15) is 55.6 Å². The van der Waals surface area contributed by atoms with Crippen LogP contribution >= 0.6 is 23.1 Å². The second kappa shape index (κ2) is 9.23. The average Bonchev–Trinajstić information content (AvgIpc) is 3.32. The molecule has 0 aliphatic heterocycles. The zero-order chi connectivity index (χ0) is 19.3. The monoisotopic (exact) mass is 412 g/mol. The molecular formula is C22H28N4S2. The molecule has 0 N–H and O–H groups in total. The lowest BCUT2D eigenvalue weighted by Gasteiger charge is -2.20. The standard InChI is InChI=1S/C22H28N4S2/c1-16-7-6-10-18(13-16)21-23-19(14-27-21)15-28-22-25-24-20(26(22)2)12-11-17-8-4-3-5-9-17/h6-7,10,13-14,17H,3-5,8-9,11-12,15H2,1-2H3. The first-order valence-corrected chi connectivity index (χ1v) is 12.1. The van der Waals surface area contributed by atoms with Crippen LogP contribution in [0.5, 0.6) is 0 Å². The highest BCUT2D eigenvalue weighted by molar-refractivity contribution is 7.98. The maximum atomic E-state index is 4.81. The highest BCUT2D eigenvalue weighted by Crippen LogP contribution is 2.29. The van der Waals surface area contributed by atoms with Crippen molar-refractivity contribution in [1.29, 1.82) is 0 Å². The van der Waals surface area contributed by atoms with E-state index in [1.54, 1.807) is 23.1 Å². The topological polar surface area (TPSA) is 43.6 Å². The van der Waals surface area contributed by atoms with Gasteiger partial charge in [-0.3, -0.25) is 0 Å². The zero-order valence-corrected chi connectivity index (χ0v) is 18.4. The Morgan fingerprint density at radius 2 is 2.04 bits per heavy atom. The summed E-state index contributed by atoms with van der Waals surface area (Å²) in [5.74, 6) is 2.83. The molecule has 1 aliphatic carbocycles. The van der Waals surface area contributed by atoms with Crippen LogP contribution in [0.15, 0.2) is 34.8 Å². The second-order valence-corrected chi connectivity index (χ2v) is 9.60. The van der Waals surface area contributed by atoms with E-state index in [2.05, 4.69) is 58.4 Å². The van der Waals surface area contributed by atoms with Crippen molar-refractivity contribution >= 4 is 23.1 Å². The van der Waals surface area contributed by atoms with Gasteiger partial charge in [0, 0.05) is 30.2 Å². The number of aryl methyl sites for hydroxylation is 2. The molecule has 0 radical (unpaired) electrons. The summed E-state index contributed by atoms with van der Waals surface area (Å²) < 4.78 is 2.17. The van der Waals surface area contributed by atoms with E-state index in [-0.39, 0.29) is 0 Å². The number of benzene rings is 1. The van der Waals surface area contributed by atoms with E-state index in [0.717, 1.165) is 39.8 Å². The van der Waals surface area contributed by atoms with Gasteiger partial charge in [-0.2, -0.15) is 0 Å². The molecule has 0 amide bonds. The van der Waals surface area contributed by atoms with Crippen LogP contribution in [-0.4, -0.2) is 19.7 Å². The van der Waals surface area contributed by atoms with E-state index < -0.39 is 0 Å². The summed E-state index contributed by atoms with van der Waals surface area (Å²) in [6, 6.07) is 8.53. The van der Waals surface area contributed by atoms with E-state index in [1.165, 1.54) is 49.7 Å². The molecule has 0 atom stereocenters. The van der Waals surface area contributed by atoms with Crippen molar-refractivity contribution in [3.05, 3.63) is 46.7 Å². The van der Waals surface area contributed by atoms with Crippen molar-refractivity contribution in [2.45, 2.75) is 62.8 Å². The Labute approximate surface area is 175 Å². The molecule has 2 heterocycles. The van der Waals surface area contributed by atoms with Crippen LogP contribution < -0.4 is 0 Å². The van der Waals surface area contributed by atoms with Crippen molar-refractivity contribution in [2.24, 2.45) is 13.0 Å². The molecule has 4 nitrogen and oxygen atoms in total. The van der Waals surface area contributed by atoms with Gasteiger partial charge in [-0.25, -0.2) is 4.98 Å². The second-order valence-electron chi connectivity index (χ2n) is 7.80. The van der Waals surface area contributed by atoms with Crippen molar-refractivity contribution < 1.29 is 0 Å². The molecule has 0 bridgehead atoms. The van der Waals surface area contributed by atoms with Crippen molar-refractivity contribution in [1.82, 2.24) is 19.7 Å². The van der Waals surface area contributed by atoms with Gasteiger partial charge in [0.25, 0.3) is 0 Å². The number of nitrogens with zero attached hydrogens (tertiary/aromatic N) is 4. The van der Waals surface area contributed by atoms with E-state index in [4.69, 9.17) is 4.98 Å². The first kappa shape index (κ1) is 19.6. The summed E-state index contributed by atoms with van der Waals surface area (Å²) in [6.07, 6.45) is 9.32. The molecule has 1 saturated carbocycles. The largest absolute Gasteiger partial charge is 0.309 e. The first-order valence-electron chi connectivity index (χ1n) is 10.2. The maximum absolute atomic E-state index is 4.81. The average molecular weight is 413 g/mol. The van der Waals surface area contributed by atoms with Gasteiger partial charge in [-0.1, -0.05) is 67.6 Å². The van der Waals surface area contributed by atoms with E-state index in [9.17, 15) is 0 Å². The molecule has 6 heteroatoms. The number of rotatable bonds is 7. The highest BCUT2D eigenvalue weighted by Gasteiger charge is 2.16. The zero-order valence-electron chi connectivity index (χ0n) is 16.7. The van der Waals surface area contributed by atoms with Gasteiger partial charge in [0.2, 0.25) is 0 Å². The van der Waals surface area contributed by atoms with E-state index >= 15 is 0 Å². The summed E-state index contributed by atoms with van der Waals surface area (Å²) in [5.41, 5.74) is 3.58. The molecule has 3 aromatic rings. The number of thioether (sulfide) groups is 1. The fourth-order valence-electron chi connectivity index (χ4n) is 3.92. The minimum atomic E-state index is 0.830. The Kier molecular flexibility index (Phi) is 6.47. The van der Waals surface area contributed by atoms with E-state index in [1.807, 2.05) is 0 Å². The van der Waals surface area contributed by atoms with Crippen molar-refractivity contribution in [3.8, 4) is 10.6 Å². The van der Waals surface area contributed by atoms with Gasteiger partial charge in [-0.15, -0.1) is 21.5 Å². The van der Waals surface area contributed by atoms with Gasteiger partial charge in [0.1, 0.15) is 10.8 Å². The molecule has 2 aromatic heterocycles. The van der Waals surface area contributed by atoms with Gasteiger partial charge < -0.3 is 4.57 Å². The molecule has 28 heavy (non-hydrogen) atoms. The molecule has 0 unspecified atom stereocenters. The number of aromatic nitrogens is 4. The number of hydrogen-bond acceptors (Lipinski definition) is 5. The molecule has 0 spiro atoms. The Bertz CT molecular complexity index is 909. The van der Waals surface area contributed by atoms with Crippen molar-refractivity contribution in [2.75, 3.05) is 0 Å².